The minimum atomic E-state index is -3.28. The van der Waals surface area contributed by atoms with E-state index >= 15 is 0 Å². The van der Waals surface area contributed by atoms with E-state index < -0.39 is 17.5 Å². The molecule has 0 aliphatic carbocycles. The van der Waals surface area contributed by atoms with Crippen LogP contribution in [0, 0.1) is 13.8 Å². The van der Waals surface area contributed by atoms with Crippen LogP contribution in [0.15, 0.2) is 47.0 Å². The van der Waals surface area contributed by atoms with Crippen LogP contribution in [0.4, 0.5) is 8.78 Å². The third kappa shape index (κ3) is 7.10. The summed E-state index contributed by atoms with van der Waals surface area (Å²) in [6, 6.07) is 0. The second-order valence-electron chi connectivity index (χ2n) is 7.87. The first-order chi connectivity index (χ1) is 15.9. The monoisotopic (exact) mass is 474 g/mol. The number of hydrogen-bond acceptors (Lipinski definition) is 5. The Morgan fingerprint density at radius 1 is 1.32 bits per heavy atom. The average Bonchev–Trinajstić information content (AvgIpc) is 2.79. The summed E-state index contributed by atoms with van der Waals surface area (Å²) in [5.74, 6) is -3.07. The van der Waals surface area contributed by atoms with Crippen molar-refractivity contribution in [1.82, 2.24) is 10.3 Å². The Morgan fingerprint density at radius 3 is 2.47 bits per heavy atom. The Labute approximate surface area is 201 Å². The van der Waals surface area contributed by atoms with Gasteiger partial charge in [0, 0.05) is 13.1 Å². The summed E-state index contributed by atoms with van der Waals surface area (Å²) < 4.78 is 33.4. The molecule has 3 N–H and O–H groups in total. The second-order valence-corrected chi connectivity index (χ2v) is 7.87. The molecule has 186 valence electrons. The standard InChI is InChI=1S/C26H36F2N4O2/c1-9-13-30-20(24(29)26(8,27)28)15-31-25(33)21-18(7)32-22(17(6)19(21)12-4)23(16(5)11-3)34-14-10-2/h9-10,13-14H,1,11-12,15,29H2,2-8H3,(H,31,33)/b14-10-,23-16-,24-20-,30-13?. The first kappa shape index (κ1) is 28.7. The van der Waals surface area contributed by atoms with Gasteiger partial charge in [0.2, 0.25) is 0 Å². The highest BCUT2D eigenvalue weighted by Gasteiger charge is 2.29. The predicted octanol–water partition coefficient (Wildman–Crippen LogP) is 5.76. The van der Waals surface area contributed by atoms with Gasteiger partial charge in [0.05, 0.1) is 29.8 Å². The molecule has 0 aliphatic rings. The summed E-state index contributed by atoms with van der Waals surface area (Å²) in [7, 11) is 0. The van der Waals surface area contributed by atoms with Crippen LogP contribution in [-0.2, 0) is 11.2 Å². The van der Waals surface area contributed by atoms with Gasteiger partial charge in [-0.2, -0.15) is 8.78 Å². The molecule has 0 saturated carbocycles. The van der Waals surface area contributed by atoms with Gasteiger partial charge < -0.3 is 15.8 Å². The van der Waals surface area contributed by atoms with Crippen LogP contribution in [0.1, 0.15) is 73.9 Å². The summed E-state index contributed by atoms with van der Waals surface area (Å²) in [5.41, 5.74) is 8.99. The summed E-state index contributed by atoms with van der Waals surface area (Å²) in [5, 5.41) is 2.67. The number of hydrogen-bond donors (Lipinski definition) is 2. The molecule has 1 amide bonds. The van der Waals surface area contributed by atoms with Crippen LogP contribution in [-0.4, -0.2) is 29.6 Å². The predicted molar refractivity (Wildman–Crippen MR) is 135 cm³/mol. The Balaban J connectivity index is 3.50. The number of aryl methyl sites for hydroxylation is 1. The number of ether oxygens (including phenoxy) is 1. The zero-order valence-electron chi connectivity index (χ0n) is 21.2. The van der Waals surface area contributed by atoms with E-state index in [1.807, 2.05) is 34.6 Å². The van der Waals surface area contributed by atoms with Crippen LogP contribution < -0.4 is 11.1 Å². The van der Waals surface area contributed by atoms with Crippen molar-refractivity contribution in [3.63, 3.8) is 0 Å². The molecule has 34 heavy (non-hydrogen) atoms. The van der Waals surface area contributed by atoms with Gasteiger partial charge >= 0.3 is 0 Å². The van der Waals surface area contributed by atoms with Gasteiger partial charge in [0.25, 0.3) is 11.8 Å². The van der Waals surface area contributed by atoms with E-state index in [0.29, 0.717) is 36.1 Å². The summed E-state index contributed by atoms with van der Waals surface area (Å²) >= 11 is 0. The van der Waals surface area contributed by atoms with Crippen molar-refractivity contribution in [3.8, 4) is 0 Å². The highest BCUT2D eigenvalue weighted by atomic mass is 19.3. The molecule has 1 aromatic heterocycles. The molecule has 8 heteroatoms. The molecule has 0 spiro atoms. The van der Waals surface area contributed by atoms with E-state index in [4.69, 9.17) is 15.5 Å². The molecule has 0 fully saturated rings. The highest BCUT2D eigenvalue weighted by molar-refractivity contribution is 5.97. The normalized spacial score (nSPS) is 13.7. The highest BCUT2D eigenvalue weighted by Crippen LogP contribution is 2.29. The Kier molecular flexibility index (Phi) is 10.8. The van der Waals surface area contributed by atoms with Gasteiger partial charge in [-0.15, -0.1) is 0 Å². The number of nitrogens with one attached hydrogen (secondary N) is 1. The minimum absolute atomic E-state index is 0.138. The second kappa shape index (κ2) is 12.8. The fourth-order valence-corrected chi connectivity index (χ4v) is 3.33. The van der Waals surface area contributed by atoms with Gasteiger partial charge in [-0.25, -0.2) is 4.98 Å². The molecule has 6 nitrogen and oxygen atoms in total. The number of allylic oxidation sites excluding steroid dienone is 4. The fourth-order valence-electron chi connectivity index (χ4n) is 3.33. The lowest BCUT2D eigenvalue weighted by molar-refractivity contribution is 0.0601. The minimum Gasteiger partial charge on any atom is -0.463 e. The number of nitrogens with zero attached hydrogens (tertiary/aromatic N) is 2. The van der Waals surface area contributed by atoms with Gasteiger partial charge in [0.1, 0.15) is 11.4 Å². The van der Waals surface area contributed by atoms with Crippen LogP contribution in [0.3, 0.4) is 0 Å². The van der Waals surface area contributed by atoms with Crippen molar-refractivity contribution in [1.29, 1.82) is 0 Å². The molecule has 1 heterocycles. The van der Waals surface area contributed by atoms with Gasteiger partial charge in [-0.1, -0.05) is 32.6 Å². The Hall–Kier alpha value is -3.29. The van der Waals surface area contributed by atoms with Crippen LogP contribution in [0.2, 0.25) is 0 Å². The Bertz CT molecular complexity index is 1030. The molecular weight excluding hydrogens is 438 g/mol. The average molecular weight is 475 g/mol. The zero-order valence-corrected chi connectivity index (χ0v) is 21.2. The third-order valence-corrected chi connectivity index (χ3v) is 5.32. The lowest BCUT2D eigenvalue weighted by Gasteiger charge is -2.20. The molecule has 1 rings (SSSR count). The van der Waals surface area contributed by atoms with E-state index in [0.717, 1.165) is 23.1 Å². The number of nitrogens with two attached hydrogens (primary N) is 1. The lowest BCUT2D eigenvalue weighted by atomic mass is 9.95. The topological polar surface area (TPSA) is 89.6 Å². The molecular formula is C26H36F2N4O2. The summed E-state index contributed by atoms with van der Waals surface area (Å²) in [6.45, 7) is 15.3. The van der Waals surface area contributed by atoms with Crippen molar-refractivity contribution >= 4 is 17.9 Å². The summed E-state index contributed by atoms with van der Waals surface area (Å²) in [6.07, 6.45) is 7.33. The first-order valence-corrected chi connectivity index (χ1v) is 11.2. The molecule has 0 saturated heterocycles. The molecule has 0 radical (unpaired) electrons. The SMILES string of the molecule is C=CC=N/C(CNC(=O)c1c(C)nc(/C(O/C=C\C)=C(\C)CC)c(C)c1CC)=C(\N)C(C)(F)F. The third-order valence-electron chi connectivity index (χ3n) is 5.32. The number of alkyl halides is 2. The summed E-state index contributed by atoms with van der Waals surface area (Å²) in [4.78, 5) is 21.8. The van der Waals surface area contributed by atoms with Crippen molar-refractivity contribution < 1.29 is 18.3 Å². The molecule has 1 aromatic rings. The van der Waals surface area contributed by atoms with E-state index in [1.54, 1.807) is 19.3 Å². The number of aromatic nitrogens is 1. The van der Waals surface area contributed by atoms with Gasteiger partial charge in [-0.3, -0.25) is 9.79 Å². The number of amides is 1. The molecule has 0 unspecified atom stereocenters. The van der Waals surface area contributed by atoms with Gasteiger partial charge in [0.15, 0.2) is 5.76 Å². The maximum atomic E-state index is 13.8. The lowest BCUT2D eigenvalue weighted by Crippen LogP contribution is -2.31. The van der Waals surface area contributed by atoms with Crippen molar-refractivity contribution in [2.45, 2.75) is 67.2 Å². The van der Waals surface area contributed by atoms with Crippen LogP contribution in [0.25, 0.3) is 5.76 Å². The van der Waals surface area contributed by atoms with Crippen molar-refractivity contribution in [3.05, 3.63) is 70.0 Å². The number of aliphatic imine (C=N–C) groups is 1. The fraction of sp³-hybridized carbons (Fsp3) is 0.423. The number of carbonyl (C=O) groups excluding carboxylic acids is 1. The van der Waals surface area contributed by atoms with E-state index in [2.05, 4.69) is 16.9 Å². The number of pyridine rings is 1. The van der Waals surface area contributed by atoms with Crippen molar-refractivity contribution in [2.24, 2.45) is 10.7 Å². The smallest absolute Gasteiger partial charge is 0.286 e. The number of carbonyl (C=O) groups is 1. The zero-order chi connectivity index (χ0) is 26.1. The van der Waals surface area contributed by atoms with Crippen LogP contribution >= 0.6 is 0 Å². The first-order valence-electron chi connectivity index (χ1n) is 11.2. The largest absolute Gasteiger partial charge is 0.463 e. The van der Waals surface area contributed by atoms with E-state index in [-0.39, 0.29) is 12.2 Å². The van der Waals surface area contributed by atoms with E-state index in [1.165, 1.54) is 12.3 Å². The Morgan fingerprint density at radius 2 is 1.97 bits per heavy atom. The number of rotatable bonds is 11. The van der Waals surface area contributed by atoms with Crippen molar-refractivity contribution in [2.75, 3.05) is 6.54 Å². The molecule has 0 atom stereocenters. The van der Waals surface area contributed by atoms with Crippen LogP contribution in [0.5, 0.6) is 0 Å². The quantitative estimate of drug-likeness (QED) is 0.315. The molecule has 0 aliphatic heterocycles. The number of halogens is 2. The molecule has 0 bridgehead atoms. The molecule has 0 aromatic carbocycles. The maximum absolute atomic E-state index is 13.8. The maximum Gasteiger partial charge on any atom is 0.286 e. The van der Waals surface area contributed by atoms with Gasteiger partial charge in [-0.05, 0) is 57.2 Å². The van der Waals surface area contributed by atoms with E-state index in [9.17, 15) is 13.6 Å².